The van der Waals surface area contributed by atoms with E-state index in [0.717, 1.165) is 28.2 Å². The predicted octanol–water partition coefficient (Wildman–Crippen LogP) is 5.95. The summed E-state index contributed by atoms with van der Waals surface area (Å²) < 4.78 is 10.5. The van der Waals surface area contributed by atoms with Gasteiger partial charge in [-0.2, -0.15) is 0 Å². The predicted molar refractivity (Wildman–Crippen MR) is 145 cm³/mol. The second-order valence-electron chi connectivity index (χ2n) is 8.45. The molecule has 1 heterocycles. The summed E-state index contributed by atoms with van der Waals surface area (Å²) in [5, 5.41) is 3.13. The first-order valence-corrected chi connectivity index (χ1v) is 12.8. The average molecular weight is 517 g/mol. The highest BCUT2D eigenvalue weighted by Crippen LogP contribution is 2.38. The number of imide groups is 1. The van der Waals surface area contributed by atoms with Crippen LogP contribution in [0.25, 0.3) is 0 Å². The molecular formula is C29H28N2O5S. The molecule has 1 aliphatic rings. The molecule has 1 aliphatic heterocycles. The SMILES string of the molecule is CCCCOC(=O)c1ccc(N2C(=O)C(Nc3ccc(OC)cc3)=C(Sc3ccc(C)cc3)C2=O)cc1. The maximum absolute atomic E-state index is 13.6. The number of aryl methyl sites for hydroxylation is 1. The molecule has 190 valence electrons. The maximum atomic E-state index is 13.6. The number of carbonyl (C=O) groups is 3. The summed E-state index contributed by atoms with van der Waals surface area (Å²) in [4.78, 5) is 41.6. The lowest BCUT2D eigenvalue weighted by molar-refractivity contribution is -0.120. The fourth-order valence-electron chi connectivity index (χ4n) is 3.63. The second kappa shape index (κ2) is 11.8. The van der Waals surface area contributed by atoms with Gasteiger partial charge in [0.15, 0.2) is 0 Å². The van der Waals surface area contributed by atoms with E-state index in [9.17, 15) is 14.4 Å². The molecule has 7 nitrogen and oxygen atoms in total. The number of rotatable bonds is 10. The molecule has 0 aliphatic carbocycles. The first-order chi connectivity index (χ1) is 17.9. The molecule has 0 fully saturated rings. The molecular weight excluding hydrogens is 488 g/mol. The number of thioether (sulfide) groups is 1. The molecule has 0 aromatic heterocycles. The van der Waals surface area contributed by atoms with Crippen molar-refractivity contribution in [2.75, 3.05) is 23.9 Å². The van der Waals surface area contributed by atoms with Crippen LogP contribution in [0, 0.1) is 6.92 Å². The molecule has 2 amide bonds. The number of hydrogen-bond donors (Lipinski definition) is 1. The Balaban J connectivity index is 1.62. The number of hydrogen-bond acceptors (Lipinski definition) is 7. The molecule has 0 saturated heterocycles. The summed E-state index contributed by atoms with van der Waals surface area (Å²) in [5.41, 5.74) is 2.65. The Morgan fingerprint density at radius 3 is 2.22 bits per heavy atom. The van der Waals surface area contributed by atoms with Crippen molar-refractivity contribution in [3.8, 4) is 5.75 Å². The number of carbonyl (C=O) groups excluding carboxylic acids is 3. The number of amides is 2. The van der Waals surface area contributed by atoms with E-state index >= 15 is 0 Å². The number of esters is 1. The Bertz CT molecular complexity index is 1320. The van der Waals surface area contributed by atoms with Gasteiger partial charge in [0, 0.05) is 10.6 Å². The highest BCUT2D eigenvalue weighted by molar-refractivity contribution is 8.04. The monoisotopic (exact) mass is 516 g/mol. The number of nitrogens with zero attached hydrogens (tertiary/aromatic N) is 1. The molecule has 0 saturated carbocycles. The average Bonchev–Trinajstić information content (AvgIpc) is 3.14. The van der Waals surface area contributed by atoms with Crippen molar-refractivity contribution in [3.05, 3.63) is 94.5 Å². The van der Waals surface area contributed by atoms with Gasteiger partial charge in [-0.15, -0.1) is 0 Å². The molecule has 1 N–H and O–H groups in total. The van der Waals surface area contributed by atoms with Gasteiger partial charge in [-0.3, -0.25) is 9.59 Å². The largest absolute Gasteiger partial charge is 0.497 e. The highest BCUT2D eigenvalue weighted by Gasteiger charge is 2.40. The Morgan fingerprint density at radius 1 is 0.919 bits per heavy atom. The zero-order chi connectivity index (χ0) is 26.4. The van der Waals surface area contributed by atoms with Crippen molar-refractivity contribution >= 4 is 40.9 Å². The van der Waals surface area contributed by atoms with Crippen LogP contribution < -0.4 is 15.0 Å². The number of anilines is 2. The van der Waals surface area contributed by atoms with E-state index in [4.69, 9.17) is 9.47 Å². The third kappa shape index (κ3) is 6.03. The molecule has 0 radical (unpaired) electrons. The van der Waals surface area contributed by atoms with Gasteiger partial charge in [0.05, 0.1) is 25.0 Å². The van der Waals surface area contributed by atoms with E-state index in [1.807, 2.05) is 38.1 Å². The molecule has 3 aromatic carbocycles. The van der Waals surface area contributed by atoms with Crippen LogP contribution in [0.15, 0.2) is 88.3 Å². The summed E-state index contributed by atoms with van der Waals surface area (Å²) in [6.07, 6.45) is 1.71. The standard InChI is InChI=1S/C29H28N2O5S/c1-4-5-18-36-29(34)20-8-12-22(13-9-20)31-27(32)25(30-21-10-14-23(35-3)15-11-21)26(28(31)33)37-24-16-6-19(2)7-17-24/h6-17,30H,4-5,18H2,1-3H3. The van der Waals surface area contributed by atoms with Crippen molar-refractivity contribution in [3.63, 3.8) is 0 Å². The van der Waals surface area contributed by atoms with E-state index in [-0.39, 0.29) is 10.6 Å². The summed E-state index contributed by atoms with van der Waals surface area (Å²) in [6, 6.07) is 21.1. The maximum Gasteiger partial charge on any atom is 0.338 e. The quantitative estimate of drug-likeness (QED) is 0.202. The van der Waals surface area contributed by atoms with Gasteiger partial charge >= 0.3 is 5.97 Å². The van der Waals surface area contributed by atoms with E-state index in [1.165, 1.54) is 11.8 Å². The van der Waals surface area contributed by atoms with Crippen LogP contribution in [0.1, 0.15) is 35.7 Å². The van der Waals surface area contributed by atoms with E-state index in [1.54, 1.807) is 55.6 Å². The second-order valence-corrected chi connectivity index (χ2v) is 9.54. The van der Waals surface area contributed by atoms with Crippen molar-refractivity contribution in [2.24, 2.45) is 0 Å². The van der Waals surface area contributed by atoms with Gasteiger partial charge in [-0.05, 0) is 74.0 Å². The minimum Gasteiger partial charge on any atom is -0.497 e. The third-order valence-electron chi connectivity index (χ3n) is 5.73. The Labute approximate surface area is 220 Å². The zero-order valence-electron chi connectivity index (χ0n) is 20.9. The van der Waals surface area contributed by atoms with Crippen LogP contribution in [-0.2, 0) is 14.3 Å². The van der Waals surface area contributed by atoms with E-state index in [0.29, 0.717) is 29.3 Å². The van der Waals surface area contributed by atoms with Gasteiger partial charge in [0.2, 0.25) is 0 Å². The van der Waals surface area contributed by atoms with Crippen LogP contribution in [-0.4, -0.2) is 31.5 Å². The fraction of sp³-hybridized carbons (Fsp3) is 0.207. The molecule has 3 aromatic rings. The topological polar surface area (TPSA) is 84.9 Å². The van der Waals surface area contributed by atoms with Gasteiger partial charge < -0.3 is 14.8 Å². The fourth-order valence-corrected chi connectivity index (χ4v) is 4.56. The lowest BCUT2D eigenvalue weighted by Gasteiger charge is -2.16. The van der Waals surface area contributed by atoms with Crippen LogP contribution in [0.2, 0.25) is 0 Å². The first-order valence-electron chi connectivity index (χ1n) is 12.0. The summed E-state index contributed by atoms with van der Waals surface area (Å²) in [5.74, 6) is -0.675. The first kappa shape index (κ1) is 26.0. The molecule has 37 heavy (non-hydrogen) atoms. The summed E-state index contributed by atoms with van der Waals surface area (Å²) in [6.45, 7) is 4.35. The number of benzene rings is 3. The summed E-state index contributed by atoms with van der Waals surface area (Å²) >= 11 is 1.23. The molecule has 4 rings (SSSR count). The normalized spacial score (nSPS) is 13.2. The van der Waals surface area contributed by atoms with Crippen molar-refractivity contribution in [1.29, 1.82) is 0 Å². The molecule has 0 unspecified atom stereocenters. The minimum absolute atomic E-state index is 0.184. The van der Waals surface area contributed by atoms with Crippen LogP contribution in [0.4, 0.5) is 11.4 Å². The van der Waals surface area contributed by atoms with Gasteiger partial charge in [0.25, 0.3) is 11.8 Å². The molecule has 0 atom stereocenters. The van der Waals surface area contributed by atoms with E-state index < -0.39 is 17.8 Å². The van der Waals surface area contributed by atoms with Crippen molar-refractivity contribution < 1.29 is 23.9 Å². The number of methoxy groups -OCH3 is 1. The number of unbranched alkanes of at least 4 members (excludes halogenated alkanes) is 1. The Morgan fingerprint density at radius 2 is 1.59 bits per heavy atom. The Kier molecular flexibility index (Phi) is 8.30. The van der Waals surface area contributed by atoms with Crippen LogP contribution in [0.3, 0.4) is 0 Å². The van der Waals surface area contributed by atoms with Crippen LogP contribution in [0.5, 0.6) is 5.75 Å². The summed E-state index contributed by atoms with van der Waals surface area (Å²) in [7, 11) is 1.58. The zero-order valence-corrected chi connectivity index (χ0v) is 21.8. The lowest BCUT2D eigenvalue weighted by atomic mass is 10.2. The number of nitrogens with one attached hydrogen (secondary N) is 1. The van der Waals surface area contributed by atoms with E-state index in [2.05, 4.69) is 5.32 Å². The molecule has 0 spiro atoms. The Hall–Kier alpha value is -4.04. The smallest absolute Gasteiger partial charge is 0.338 e. The molecule has 8 heteroatoms. The lowest BCUT2D eigenvalue weighted by Crippen LogP contribution is -2.32. The van der Waals surface area contributed by atoms with Crippen LogP contribution >= 0.6 is 11.8 Å². The van der Waals surface area contributed by atoms with Crippen molar-refractivity contribution in [2.45, 2.75) is 31.6 Å². The van der Waals surface area contributed by atoms with Gasteiger partial charge in [-0.25, -0.2) is 9.69 Å². The molecule has 0 bridgehead atoms. The van der Waals surface area contributed by atoms with Gasteiger partial charge in [0.1, 0.15) is 16.4 Å². The van der Waals surface area contributed by atoms with Gasteiger partial charge in [-0.1, -0.05) is 42.8 Å². The highest BCUT2D eigenvalue weighted by atomic mass is 32.2. The minimum atomic E-state index is -0.478. The number of ether oxygens (including phenoxy) is 2. The third-order valence-corrected chi connectivity index (χ3v) is 6.82. The van der Waals surface area contributed by atoms with Crippen molar-refractivity contribution in [1.82, 2.24) is 0 Å².